The summed E-state index contributed by atoms with van der Waals surface area (Å²) >= 11 is 6.26. The standard InChI is InChI=1S/C24H13ClN2O/c25-24-26-19-11-5-3-9-16(19)23(27-24)18-13-21-22(15-8-2-1-7-14(15)18)17-10-4-6-12-20(17)28-21/h1-13H. The van der Waals surface area contributed by atoms with Gasteiger partial charge in [-0.25, -0.2) is 9.97 Å². The molecule has 28 heavy (non-hydrogen) atoms. The van der Waals surface area contributed by atoms with Crippen LogP contribution < -0.4 is 0 Å². The topological polar surface area (TPSA) is 38.9 Å². The minimum absolute atomic E-state index is 0.238. The maximum Gasteiger partial charge on any atom is 0.223 e. The van der Waals surface area contributed by atoms with E-state index in [4.69, 9.17) is 16.0 Å². The smallest absolute Gasteiger partial charge is 0.223 e. The van der Waals surface area contributed by atoms with Crippen molar-refractivity contribution >= 4 is 55.2 Å². The second kappa shape index (κ2) is 5.78. The first-order valence-corrected chi connectivity index (χ1v) is 9.43. The molecular weight excluding hydrogens is 368 g/mol. The van der Waals surface area contributed by atoms with E-state index in [1.807, 2.05) is 48.5 Å². The molecule has 0 fully saturated rings. The molecule has 0 radical (unpaired) electrons. The first kappa shape index (κ1) is 15.6. The van der Waals surface area contributed by atoms with Crippen LogP contribution in [0.25, 0.3) is 54.9 Å². The second-order valence-electron chi connectivity index (χ2n) is 6.80. The molecule has 4 aromatic carbocycles. The molecule has 0 aliphatic rings. The zero-order valence-electron chi connectivity index (χ0n) is 14.7. The van der Waals surface area contributed by atoms with Crippen molar-refractivity contribution in [2.75, 3.05) is 0 Å². The molecule has 3 nitrogen and oxygen atoms in total. The summed E-state index contributed by atoms with van der Waals surface area (Å²) in [6, 6.07) is 26.5. The molecule has 6 aromatic rings. The third-order valence-corrected chi connectivity index (χ3v) is 5.38. The van der Waals surface area contributed by atoms with E-state index < -0.39 is 0 Å². The highest BCUT2D eigenvalue weighted by molar-refractivity contribution is 6.29. The Labute approximate surface area is 165 Å². The van der Waals surface area contributed by atoms with Crippen LogP contribution >= 0.6 is 11.6 Å². The van der Waals surface area contributed by atoms with Crippen molar-refractivity contribution in [3.63, 3.8) is 0 Å². The lowest BCUT2D eigenvalue weighted by Crippen LogP contribution is -1.92. The molecule has 0 aliphatic carbocycles. The van der Waals surface area contributed by atoms with Crippen molar-refractivity contribution in [1.82, 2.24) is 9.97 Å². The number of rotatable bonds is 1. The first-order chi connectivity index (χ1) is 13.8. The maximum absolute atomic E-state index is 6.26. The lowest BCUT2D eigenvalue weighted by molar-refractivity contribution is 0.669. The van der Waals surface area contributed by atoms with Crippen molar-refractivity contribution in [3.05, 3.63) is 84.1 Å². The fourth-order valence-corrected chi connectivity index (χ4v) is 4.21. The summed E-state index contributed by atoms with van der Waals surface area (Å²) in [5, 5.41) is 5.69. The Kier molecular flexibility index (Phi) is 3.22. The highest BCUT2D eigenvalue weighted by Gasteiger charge is 2.17. The summed E-state index contributed by atoms with van der Waals surface area (Å²) in [6.07, 6.45) is 0. The molecule has 0 saturated carbocycles. The number of fused-ring (bicyclic) bond motifs is 6. The fourth-order valence-electron chi connectivity index (χ4n) is 4.04. The molecule has 0 bridgehead atoms. The monoisotopic (exact) mass is 380 g/mol. The van der Waals surface area contributed by atoms with Crippen molar-refractivity contribution in [2.24, 2.45) is 0 Å². The van der Waals surface area contributed by atoms with Gasteiger partial charge in [0.15, 0.2) is 0 Å². The Morgan fingerprint density at radius 3 is 2.18 bits per heavy atom. The molecule has 0 aliphatic heterocycles. The normalized spacial score (nSPS) is 11.8. The van der Waals surface area contributed by atoms with Gasteiger partial charge < -0.3 is 4.42 Å². The summed E-state index contributed by atoms with van der Waals surface area (Å²) in [7, 11) is 0. The Morgan fingerprint density at radius 1 is 0.643 bits per heavy atom. The summed E-state index contributed by atoms with van der Waals surface area (Å²) in [4.78, 5) is 8.96. The summed E-state index contributed by atoms with van der Waals surface area (Å²) in [5.41, 5.74) is 4.35. The second-order valence-corrected chi connectivity index (χ2v) is 7.14. The van der Waals surface area contributed by atoms with Gasteiger partial charge in [0.25, 0.3) is 0 Å². The van der Waals surface area contributed by atoms with E-state index in [0.29, 0.717) is 0 Å². The van der Waals surface area contributed by atoms with Gasteiger partial charge in [-0.2, -0.15) is 0 Å². The van der Waals surface area contributed by atoms with E-state index in [1.165, 1.54) is 0 Å². The highest BCUT2D eigenvalue weighted by atomic mass is 35.5. The van der Waals surface area contributed by atoms with Crippen LogP contribution in [0, 0.1) is 0 Å². The van der Waals surface area contributed by atoms with Gasteiger partial charge in [-0.05, 0) is 40.6 Å². The van der Waals surface area contributed by atoms with Gasteiger partial charge in [-0.3, -0.25) is 0 Å². The van der Waals surface area contributed by atoms with Crippen LogP contribution in [0.15, 0.2) is 83.3 Å². The Morgan fingerprint density at radius 2 is 1.32 bits per heavy atom. The van der Waals surface area contributed by atoms with Crippen molar-refractivity contribution in [3.8, 4) is 11.3 Å². The molecule has 2 heterocycles. The molecule has 0 atom stereocenters. The number of furan rings is 1. The average molecular weight is 381 g/mol. The summed E-state index contributed by atoms with van der Waals surface area (Å²) in [6.45, 7) is 0. The predicted octanol–water partition coefficient (Wildman–Crippen LogP) is 7.00. The molecule has 4 heteroatoms. The van der Waals surface area contributed by atoms with E-state index in [9.17, 15) is 0 Å². The lowest BCUT2D eigenvalue weighted by Gasteiger charge is -2.10. The molecule has 0 unspecified atom stereocenters. The predicted molar refractivity (Wildman–Crippen MR) is 115 cm³/mol. The number of para-hydroxylation sites is 2. The molecule has 0 amide bonds. The van der Waals surface area contributed by atoms with Gasteiger partial charge in [0.05, 0.1) is 11.2 Å². The zero-order chi connectivity index (χ0) is 18.7. The van der Waals surface area contributed by atoms with Crippen LogP contribution in [0.5, 0.6) is 0 Å². The van der Waals surface area contributed by atoms with Crippen LogP contribution in [-0.2, 0) is 0 Å². The van der Waals surface area contributed by atoms with Crippen LogP contribution in [0.2, 0.25) is 5.28 Å². The number of halogens is 1. The third kappa shape index (κ3) is 2.17. The largest absolute Gasteiger partial charge is 0.456 e. The Hall–Kier alpha value is -3.43. The van der Waals surface area contributed by atoms with Crippen LogP contribution in [-0.4, -0.2) is 9.97 Å². The van der Waals surface area contributed by atoms with Crippen molar-refractivity contribution in [2.45, 2.75) is 0 Å². The number of nitrogens with zero attached hydrogens (tertiary/aromatic N) is 2. The van der Waals surface area contributed by atoms with E-state index in [0.717, 1.165) is 54.9 Å². The molecule has 6 rings (SSSR count). The van der Waals surface area contributed by atoms with E-state index in [2.05, 4.69) is 40.3 Å². The van der Waals surface area contributed by atoms with Crippen LogP contribution in [0.4, 0.5) is 0 Å². The zero-order valence-corrected chi connectivity index (χ0v) is 15.4. The van der Waals surface area contributed by atoms with Crippen LogP contribution in [0.1, 0.15) is 0 Å². The van der Waals surface area contributed by atoms with Gasteiger partial charge in [0.2, 0.25) is 5.28 Å². The minimum Gasteiger partial charge on any atom is -0.456 e. The Balaban J connectivity index is 1.83. The highest BCUT2D eigenvalue weighted by Crippen LogP contribution is 2.40. The number of hydrogen-bond donors (Lipinski definition) is 0. The lowest BCUT2D eigenvalue weighted by atomic mass is 9.96. The van der Waals surface area contributed by atoms with Gasteiger partial charge in [-0.15, -0.1) is 0 Å². The fraction of sp³-hybridized carbons (Fsp3) is 0. The van der Waals surface area contributed by atoms with Gasteiger partial charge in [0.1, 0.15) is 11.2 Å². The van der Waals surface area contributed by atoms with E-state index in [-0.39, 0.29) is 5.28 Å². The molecule has 0 N–H and O–H groups in total. The maximum atomic E-state index is 6.26. The summed E-state index contributed by atoms with van der Waals surface area (Å²) in [5.74, 6) is 0. The molecular formula is C24H13ClN2O. The third-order valence-electron chi connectivity index (χ3n) is 5.22. The van der Waals surface area contributed by atoms with E-state index >= 15 is 0 Å². The van der Waals surface area contributed by atoms with Crippen molar-refractivity contribution < 1.29 is 4.42 Å². The molecule has 0 saturated heterocycles. The van der Waals surface area contributed by atoms with Gasteiger partial charge >= 0.3 is 0 Å². The van der Waals surface area contributed by atoms with Gasteiger partial charge in [-0.1, -0.05) is 60.7 Å². The molecule has 0 spiro atoms. The van der Waals surface area contributed by atoms with E-state index in [1.54, 1.807) is 0 Å². The number of hydrogen-bond acceptors (Lipinski definition) is 3. The Bertz CT molecular complexity index is 1530. The first-order valence-electron chi connectivity index (χ1n) is 9.05. The SMILES string of the molecule is Clc1nc(-c2cc3oc4ccccc4c3c3ccccc23)c2ccccc2n1. The minimum atomic E-state index is 0.238. The quantitative estimate of drug-likeness (QED) is 0.288. The van der Waals surface area contributed by atoms with Gasteiger partial charge in [0, 0.05) is 21.7 Å². The summed E-state index contributed by atoms with van der Waals surface area (Å²) < 4.78 is 6.19. The number of benzene rings is 4. The molecule has 2 aromatic heterocycles. The van der Waals surface area contributed by atoms with Crippen LogP contribution in [0.3, 0.4) is 0 Å². The average Bonchev–Trinajstić information content (AvgIpc) is 3.11. The van der Waals surface area contributed by atoms with Crippen molar-refractivity contribution in [1.29, 1.82) is 0 Å². The molecule has 132 valence electrons. The number of aromatic nitrogens is 2.